The minimum absolute atomic E-state index is 0.297. The minimum Gasteiger partial charge on any atom is -0.473 e. The normalized spacial score (nSPS) is 24.6. The van der Waals surface area contributed by atoms with Crippen LogP contribution in [0.15, 0.2) is 12.3 Å². The Balaban J connectivity index is 2.11. The van der Waals surface area contributed by atoms with Gasteiger partial charge >= 0.3 is 0 Å². The van der Waals surface area contributed by atoms with E-state index in [1.165, 1.54) is 25.7 Å². The molecule has 3 nitrogen and oxygen atoms in total. The summed E-state index contributed by atoms with van der Waals surface area (Å²) in [6, 6.07) is 1.92. The van der Waals surface area contributed by atoms with Crippen molar-refractivity contribution in [2.24, 2.45) is 5.92 Å². The molecule has 0 amide bonds. The van der Waals surface area contributed by atoms with Gasteiger partial charge in [0.1, 0.15) is 6.10 Å². The number of ether oxygens (including phenoxy) is 1. The molecular weight excluding hydrogens is 212 g/mol. The number of pyridine rings is 1. The van der Waals surface area contributed by atoms with E-state index in [0.29, 0.717) is 23.6 Å². The average molecular weight is 234 g/mol. The Hall–Kier alpha value is -1.25. The van der Waals surface area contributed by atoms with Crippen LogP contribution in [0.5, 0.6) is 5.88 Å². The summed E-state index contributed by atoms with van der Waals surface area (Å²) in [5, 5.41) is 0. The second-order valence-corrected chi connectivity index (χ2v) is 4.96. The first-order valence-corrected chi connectivity index (χ1v) is 6.60. The molecule has 1 heterocycles. The Labute approximate surface area is 103 Å². The first kappa shape index (κ1) is 12.2. The van der Waals surface area contributed by atoms with E-state index >= 15 is 0 Å². The lowest BCUT2D eigenvalue weighted by Gasteiger charge is -2.31. The molecule has 2 N–H and O–H groups in total. The highest BCUT2D eigenvalue weighted by Gasteiger charge is 2.26. The van der Waals surface area contributed by atoms with Crippen molar-refractivity contribution >= 4 is 5.69 Å². The van der Waals surface area contributed by atoms with Crippen molar-refractivity contribution in [3.05, 3.63) is 17.8 Å². The fraction of sp³-hybridized carbons (Fsp3) is 0.643. The van der Waals surface area contributed by atoms with Crippen LogP contribution in [0.2, 0.25) is 0 Å². The largest absolute Gasteiger partial charge is 0.473 e. The predicted octanol–water partition coefficient (Wildman–Crippen LogP) is 3.32. The Kier molecular flexibility index (Phi) is 3.87. The summed E-state index contributed by atoms with van der Waals surface area (Å²) in [6.45, 7) is 4.22. The molecule has 0 aromatic carbocycles. The Morgan fingerprint density at radius 1 is 1.41 bits per heavy atom. The lowest BCUT2D eigenvalue weighted by atomic mass is 9.85. The van der Waals surface area contributed by atoms with Gasteiger partial charge in [-0.15, -0.1) is 0 Å². The van der Waals surface area contributed by atoms with Crippen molar-refractivity contribution in [3.8, 4) is 5.88 Å². The zero-order valence-corrected chi connectivity index (χ0v) is 10.8. The molecule has 94 valence electrons. The van der Waals surface area contributed by atoms with Crippen molar-refractivity contribution in [1.82, 2.24) is 4.98 Å². The van der Waals surface area contributed by atoms with Gasteiger partial charge in [-0.1, -0.05) is 13.3 Å². The molecule has 0 radical (unpaired) electrons. The minimum atomic E-state index is 0.297. The Bertz CT molecular complexity index is 378. The highest BCUT2D eigenvalue weighted by Crippen LogP contribution is 2.32. The van der Waals surface area contributed by atoms with E-state index in [2.05, 4.69) is 11.9 Å². The van der Waals surface area contributed by atoms with Gasteiger partial charge in [-0.25, -0.2) is 4.98 Å². The van der Waals surface area contributed by atoms with E-state index in [4.69, 9.17) is 10.5 Å². The third kappa shape index (κ3) is 2.71. The molecule has 0 bridgehead atoms. The summed E-state index contributed by atoms with van der Waals surface area (Å²) in [5.74, 6) is 1.28. The van der Waals surface area contributed by atoms with Crippen LogP contribution in [0.1, 0.15) is 44.6 Å². The van der Waals surface area contributed by atoms with Crippen molar-refractivity contribution < 1.29 is 4.74 Å². The van der Waals surface area contributed by atoms with Crippen molar-refractivity contribution in [2.45, 2.75) is 52.1 Å². The van der Waals surface area contributed by atoms with Crippen molar-refractivity contribution in [1.29, 1.82) is 0 Å². The molecule has 1 aliphatic carbocycles. The van der Waals surface area contributed by atoms with Gasteiger partial charge < -0.3 is 10.5 Å². The van der Waals surface area contributed by atoms with Gasteiger partial charge in [0.05, 0.1) is 5.69 Å². The van der Waals surface area contributed by atoms with Gasteiger partial charge in [0.15, 0.2) is 0 Å². The second-order valence-electron chi connectivity index (χ2n) is 4.96. The molecule has 0 spiro atoms. The van der Waals surface area contributed by atoms with Crippen LogP contribution in [-0.2, 0) is 0 Å². The number of nitrogens with two attached hydrogens (primary N) is 1. The molecule has 1 aromatic heterocycles. The van der Waals surface area contributed by atoms with Gasteiger partial charge in [-0.05, 0) is 50.2 Å². The lowest BCUT2D eigenvalue weighted by Crippen LogP contribution is -2.30. The first-order valence-electron chi connectivity index (χ1n) is 6.60. The molecule has 1 aromatic rings. The molecule has 2 rings (SSSR count). The van der Waals surface area contributed by atoms with Crippen LogP contribution in [-0.4, -0.2) is 11.1 Å². The van der Waals surface area contributed by atoms with Gasteiger partial charge in [0.25, 0.3) is 0 Å². The molecule has 1 fully saturated rings. The number of rotatable bonds is 3. The van der Waals surface area contributed by atoms with E-state index in [-0.39, 0.29) is 0 Å². The van der Waals surface area contributed by atoms with Crippen LogP contribution in [0.3, 0.4) is 0 Å². The highest BCUT2D eigenvalue weighted by atomic mass is 16.5. The van der Waals surface area contributed by atoms with Crippen LogP contribution in [0.25, 0.3) is 0 Å². The standard InChI is InChI=1S/C14H22N2O/c1-3-11-6-4-5-7-12(11)17-14-13(15)10(2)8-9-16-14/h8-9,11-12H,3-7,15H2,1-2H3. The zero-order chi connectivity index (χ0) is 12.3. The van der Waals surface area contributed by atoms with E-state index in [1.54, 1.807) is 6.20 Å². The number of nitrogens with zero attached hydrogens (tertiary/aromatic N) is 1. The molecule has 0 saturated heterocycles. The number of aromatic nitrogens is 1. The molecule has 2 atom stereocenters. The predicted molar refractivity (Wildman–Crippen MR) is 70.1 cm³/mol. The van der Waals surface area contributed by atoms with Crippen molar-refractivity contribution in [2.75, 3.05) is 5.73 Å². The maximum Gasteiger partial charge on any atom is 0.237 e. The average Bonchev–Trinajstić information content (AvgIpc) is 2.35. The quantitative estimate of drug-likeness (QED) is 0.872. The number of nitrogen functional groups attached to an aromatic ring is 1. The third-order valence-corrected chi connectivity index (χ3v) is 3.80. The molecule has 1 aliphatic rings. The Morgan fingerprint density at radius 3 is 2.94 bits per heavy atom. The maximum atomic E-state index is 6.03. The van der Waals surface area contributed by atoms with Crippen LogP contribution in [0, 0.1) is 12.8 Å². The number of aryl methyl sites for hydroxylation is 1. The third-order valence-electron chi connectivity index (χ3n) is 3.80. The van der Waals surface area contributed by atoms with Crippen LogP contribution < -0.4 is 10.5 Å². The maximum absolute atomic E-state index is 6.03. The summed E-state index contributed by atoms with van der Waals surface area (Å²) in [5.41, 5.74) is 7.73. The summed E-state index contributed by atoms with van der Waals surface area (Å²) < 4.78 is 6.03. The summed E-state index contributed by atoms with van der Waals surface area (Å²) in [6.07, 6.45) is 8.23. The molecular formula is C14H22N2O. The monoisotopic (exact) mass is 234 g/mol. The first-order chi connectivity index (χ1) is 8.22. The molecule has 3 heteroatoms. The van der Waals surface area contributed by atoms with Crippen LogP contribution in [0.4, 0.5) is 5.69 Å². The Morgan fingerprint density at radius 2 is 2.18 bits per heavy atom. The molecule has 0 aliphatic heterocycles. The number of hydrogen-bond donors (Lipinski definition) is 1. The summed E-state index contributed by atoms with van der Waals surface area (Å²) in [7, 11) is 0. The van der Waals surface area contributed by atoms with E-state index in [9.17, 15) is 0 Å². The van der Waals surface area contributed by atoms with Gasteiger partial charge in [0.2, 0.25) is 5.88 Å². The molecule has 2 unspecified atom stereocenters. The zero-order valence-electron chi connectivity index (χ0n) is 10.8. The van der Waals surface area contributed by atoms with Gasteiger partial charge in [0, 0.05) is 6.20 Å². The number of anilines is 1. The molecule has 17 heavy (non-hydrogen) atoms. The molecule has 1 saturated carbocycles. The van der Waals surface area contributed by atoms with E-state index < -0.39 is 0 Å². The smallest absolute Gasteiger partial charge is 0.237 e. The van der Waals surface area contributed by atoms with Gasteiger partial charge in [-0.3, -0.25) is 0 Å². The SMILES string of the molecule is CCC1CCCCC1Oc1nccc(C)c1N. The second kappa shape index (κ2) is 5.39. The fourth-order valence-electron chi connectivity index (χ4n) is 2.58. The van der Waals surface area contributed by atoms with E-state index in [0.717, 1.165) is 12.0 Å². The topological polar surface area (TPSA) is 48.1 Å². The summed E-state index contributed by atoms with van der Waals surface area (Å²) >= 11 is 0. The summed E-state index contributed by atoms with van der Waals surface area (Å²) in [4.78, 5) is 4.25. The van der Waals surface area contributed by atoms with Crippen LogP contribution >= 0.6 is 0 Å². The number of hydrogen-bond acceptors (Lipinski definition) is 3. The highest BCUT2D eigenvalue weighted by molar-refractivity contribution is 5.53. The van der Waals surface area contributed by atoms with E-state index in [1.807, 2.05) is 13.0 Å². The van der Waals surface area contributed by atoms with Crippen molar-refractivity contribution in [3.63, 3.8) is 0 Å². The fourth-order valence-corrected chi connectivity index (χ4v) is 2.58. The lowest BCUT2D eigenvalue weighted by molar-refractivity contribution is 0.0866. The van der Waals surface area contributed by atoms with Gasteiger partial charge in [-0.2, -0.15) is 0 Å².